The van der Waals surface area contributed by atoms with Gasteiger partial charge in [0.05, 0.1) is 27.6 Å². The molecule has 2 heterocycles. The van der Waals surface area contributed by atoms with Crippen LogP contribution in [0.5, 0.6) is 11.5 Å². The number of amidine groups is 1. The predicted molar refractivity (Wildman–Crippen MR) is 161 cm³/mol. The second-order valence-electron chi connectivity index (χ2n) is 8.10. The van der Waals surface area contributed by atoms with Crippen molar-refractivity contribution in [2.75, 3.05) is 0 Å². The molecule has 0 saturated heterocycles. The van der Waals surface area contributed by atoms with Gasteiger partial charge in [-0.1, -0.05) is 23.7 Å². The van der Waals surface area contributed by atoms with Crippen LogP contribution in [0.25, 0.3) is 44.8 Å². The van der Waals surface area contributed by atoms with Crippen molar-refractivity contribution < 1.29 is 4.74 Å². The average molecular weight is 588 g/mol. The highest BCUT2D eigenvalue weighted by atomic mass is 35.5. The fourth-order valence-electron chi connectivity index (χ4n) is 3.98. The van der Waals surface area contributed by atoms with Gasteiger partial charge in [-0.15, -0.1) is 37.2 Å². The molecule has 38 heavy (non-hydrogen) atoms. The SMILES string of the molecule is Cl.Cl.Cl.N=C(N)c1ccc2nc(-c3ccc4nc(-c5ccccc5Oc5ccc(Cl)cc5)[nH]c4c3)[nH]c2c1. The molecule has 0 radical (unpaired) electrons. The number of rotatable bonds is 5. The fraction of sp³-hybridized carbons (Fsp3) is 0. The maximum absolute atomic E-state index is 7.65. The third-order valence-corrected chi connectivity index (χ3v) is 5.98. The molecule has 5 N–H and O–H groups in total. The number of nitrogens with one attached hydrogen (secondary N) is 3. The van der Waals surface area contributed by atoms with Crippen molar-refractivity contribution in [3.05, 3.63) is 95.5 Å². The molecule has 194 valence electrons. The maximum Gasteiger partial charge on any atom is 0.142 e. The van der Waals surface area contributed by atoms with Gasteiger partial charge in [0, 0.05) is 16.1 Å². The van der Waals surface area contributed by atoms with E-state index in [4.69, 9.17) is 37.4 Å². The Hall–Kier alpha value is -3.75. The number of nitrogens with two attached hydrogens (primary N) is 1. The summed E-state index contributed by atoms with van der Waals surface area (Å²) in [6.45, 7) is 0. The summed E-state index contributed by atoms with van der Waals surface area (Å²) in [6, 6.07) is 26.4. The van der Waals surface area contributed by atoms with Gasteiger partial charge in [0.15, 0.2) is 0 Å². The second kappa shape index (κ2) is 11.8. The molecule has 0 unspecified atom stereocenters. The molecule has 6 rings (SSSR count). The summed E-state index contributed by atoms with van der Waals surface area (Å²) in [6.07, 6.45) is 0. The van der Waals surface area contributed by atoms with Gasteiger partial charge >= 0.3 is 0 Å². The molecule has 0 aliphatic carbocycles. The molecule has 0 atom stereocenters. The Morgan fingerprint density at radius 1 is 0.763 bits per heavy atom. The van der Waals surface area contributed by atoms with E-state index in [9.17, 15) is 0 Å². The third kappa shape index (κ3) is 5.56. The molecule has 11 heteroatoms. The molecule has 0 saturated carbocycles. The summed E-state index contributed by atoms with van der Waals surface area (Å²) >= 11 is 6.00. The molecule has 0 aliphatic heterocycles. The van der Waals surface area contributed by atoms with E-state index >= 15 is 0 Å². The number of nitrogens with zero attached hydrogens (tertiary/aromatic N) is 2. The summed E-state index contributed by atoms with van der Waals surface area (Å²) in [5, 5.41) is 8.30. The zero-order chi connectivity index (χ0) is 23.9. The molecule has 4 aromatic carbocycles. The number of aromatic nitrogens is 4. The van der Waals surface area contributed by atoms with Gasteiger partial charge in [-0.2, -0.15) is 0 Å². The van der Waals surface area contributed by atoms with Crippen molar-refractivity contribution in [3.63, 3.8) is 0 Å². The number of ether oxygens (including phenoxy) is 1. The number of nitrogen functional groups attached to an aromatic ring is 1. The maximum atomic E-state index is 7.65. The van der Waals surface area contributed by atoms with E-state index in [1.807, 2.05) is 66.7 Å². The van der Waals surface area contributed by atoms with E-state index in [0.29, 0.717) is 27.9 Å². The van der Waals surface area contributed by atoms with Crippen molar-refractivity contribution in [2.24, 2.45) is 5.73 Å². The number of para-hydroxylation sites is 1. The molecule has 0 fully saturated rings. The molecule has 2 aromatic heterocycles. The topological polar surface area (TPSA) is 116 Å². The number of benzene rings is 4. The Morgan fingerprint density at radius 2 is 1.39 bits per heavy atom. The van der Waals surface area contributed by atoms with Crippen LogP contribution < -0.4 is 10.5 Å². The van der Waals surface area contributed by atoms with Gasteiger partial charge < -0.3 is 20.4 Å². The van der Waals surface area contributed by atoms with E-state index in [-0.39, 0.29) is 43.1 Å². The van der Waals surface area contributed by atoms with Gasteiger partial charge in [0.1, 0.15) is 29.0 Å². The summed E-state index contributed by atoms with van der Waals surface area (Å²) in [5.74, 6) is 2.84. The molecule has 7 nitrogen and oxygen atoms in total. The summed E-state index contributed by atoms with van der Waals surface area (Å²) in [5.41, 5.74) is 11.4. The Labute approximate surface area is 241 Å². The highest BCUT2D eigenvalue weighted by Gasteiger charge is 2.13. The van der Waals surface area contributed by atoms with Crippen LogP contribution in [0.3, 0.4) is 0 Å². The lowest BCUT2D eigenvalue weighted by molar-refractivity contribution is 0.484. The third-order valence-electron chi connectivity index (χ3n) is 5.73. The largest absolute Gasteiger partial charge is 0.457 e. The zero-order valence-electron chi connectivity index (χ0n) is 19.6. The number of imidazole rings is 2. The lowest BCUT2D eigenvalue weighted by Gasteiger charge is -2.09. The van der Waals surface area contributed by atoms with E-state index in [1.165, 1.54) is 0 Å². The summed E-state index contributed by atoms with van der Waals surface area (Å²) < 4.78 is 6.11. The van der Waals surface area contributed by atoms with Gasteiger partial charge in [0.2, 0.25) is 0 Å². The Morgan fingerprint density at radius 3 is 2.13 bits per heavy atom. The normalized spacial score (nSPS) is 10.3. The minimum atomic E-state index is 0. The predicted octanol–water partition coefficient (Wildman–Crippen LogP) is 7.77. The Balaban J connectivity index is 0.00000133. The van der Waals surface area contributed by atoms with Crippen LogP contribution in [0.4, 0.5) is 0 Å². The first-order valence-electron chi connectivity index (χ1n) is 10.9. The first-order chi connectivity index (χ1) is 17.0. The zero-order valence-corrected chi connectivity index (χ0v) is 22.8. The van der Waals surface area contributed by atoms with Crippen molar-refractivity contribution in [1.29, 1.82) is 5.41 Å². The molecular weight excluding hydrogens is 566 g/mol. The van der Waals surface area contributed by atoms with Crippen molar-refractivity contribution in [2.45, 2.75) is 0 Å². The van der Waals surface area contributed by atoms with Crippen molar-refractivity contribution in [3.8, 4) is 34.3 Å². The smallest absolute Gasteiger partial charge is 0.142 e. The number of halogens is 4. The molecule has 0 spiro atoms. The minimum Gasteiger partial charge on any atom is -0.457 e. The van der Waals surface area contributed by atoms with Gasteiger partial charge in [-0.3, -0.25) is 5.41 Å². The fourth-order valence-corrected chi connectivity index (χ4v) is 4.11. The minimum absolute atomic E-state index is 0. The average Bonchev–Trinajstić information content (AvgIpc) is 3.49. The molecular formula is C27H22Cl4N6O. The van der Waals surface area contributed by atoms with Gasteiger partial charge in [0.25, 0.3) is 0 Å². The van der Waals surface area contributed by atoms with Crippen LogP contribution >= 0.6 is 48.8 Å². The lowest BCUT2D eigenvalue weighted by atomic mass is 10.2. The second-order valence-corrected chi connectivity index (χ2v) is 8.54. The number of hydrogen-bond donors (Lipinski definition) is 4. The first kappa shape index (κ1) is 28.8. The van der Waals surface area contributed by atoms with E-state index in [1.54, 1.807) is 18.2 Å². The molecule has 0 bridgehead atoms. The highest BCUT2D eigenvalue weighted by molar-refractivity contribution is 6.30. The summed E-state index contributed by atoms with van der Waals surface area (Å²) in [4.78, 5) is 16.2. The summed E-state index contributed by atoms with van der Waals surface area (Å²) in [7, 11) is 0. The van der Waals surface area contributed by atoms with Crippen LogP contribution in [-0.4, -0.2) is 25.8 Å². The number of fused-ring (bicyclic) bond motifs is 2. The molecule has 0 amide bonds. The Kier molecular flexibility index (Phi) is 8.91. The van der Waals surface area contributed by atoms with Crippen LogP contribution in [-0.2, 0) is 0 Å². The first-order valence-corrected chi connectivity index (χ1v) is 11.3. The lowest BCUT2D eigenvalue weighted by Crippen LogP contribution is -2.10. The van der Waals surface area contributed by atoms with Gasteiger partial charge in [-0.25, -0.2) is 9.97 Å². The molecule has 6 aromatic rings. The van der Waals surface area contributed by atoms with E-state index < -0.39 is 0 Å². The van der Waals surface area contributed by atoms with Crippen LogP contribution in [0, 0.1) is 5.41 Å². The van der Waals surface area contributed by atoms with Crippen LogP contribution in [0.15, 0.2) is 84.9 Å². The quantitative estimate of drug-likeness (QED) is 0.122. The van der Waals surface area contributed by atoms with Gasteiger partial charge in [-0.05, 0) is 72.8 Å². The van der Waals surface area contributed by atoms with Crippen LogP contribution in [0.2, 0.25) is 5.02 Å². The van der Waals surface area contributed by atoms with E-state index in [2.05, 4.69) is 9.97 Å². The Bertz CT molecular complexity index is 1730. The highest BCUT2D eigenvalue weighted by Crippen LogP contribution is 2.34. The number of H-pyrrole nitrogens is 2. The molecule has 0 aliphatic rings. The monoisotopic (exact) mass is 586 g/mol. The van der Waals surface area contributed by atoms with E-state index in [0.717, 1.165) is 39.0 Å². The van der Waals surface area contributed by atoms with Crippen LogP contribution in [0.1, 0.15) is 5.56 Å². The van der Waals surface area contributed by atoms with Crippen molar-refractivity contribution >= 4 is 76.7 Å². The number of hydrogen-bond acceptors (Lipinski definition) is 4. The van der Waals surface area contributed by atoms with Crippen molar-refractivity contribution in [1.82, 2.24) is 19.9 Å². The standard InChI is InChI=1S/C27H19ClN6O.3ClH/c28-17-7-9-18(10-8-17)35-24-4-2-1-3-19(24)27-32-21-12-6-16(14-23(21)34-27)26-31-20-11-5-15(25(29)30)13-22(20)33-26;;;/h1-14H,(H3,29,30)(H,31,33)(H,32,34);3*1H. The number of aromatic amines is 2.